The van der Waals surface area contributed by atoms with E-state index in [1.54, 1.807) is 0 Å². The molecule has 3 atom stereocenters. The lowest BCUT2D eigenvalue weighted by atomic mass is 9.93. The first-order chi connectivity index (χ1) is 10.2. The molecule has 1 N–H and O–H groups in total. The van der Waals surface area contributed by atoms with E-state index in [1.807, 2.05) is 11.8 Å². The Morgan fingerprint density at radius 1 is 1.19 bits per heavy atom. The highest BCUT2D eigenvalue weighted by Gasteiger charge is 2.25. The summed E-state index contributed by atoms with van der Waals surface area (Å²) >= 11 is 2.04. The average molecular weight is 306 g/mol. The Morgan fingerprint density at radius 3 is 2.57 bits per heavy atom. The number of unbranched alkanes of at least 4 members (excludes halogenated alkanes) is 1. The minimum atomic E-state index is 0.461. The molecule has 0 aliphatic heterocycles. The Hall–Kier alpha value is -0.470. The number of thioether (sulfide) groups is 1. The van der Waals surface area contributed by atoms with Crippen LogP contribution in [-0.2, 0) is 6.42 Å². The van der Waals surface area contributed by atoms with Crippen LogP contribution in [0.1, 0.15) is 69.5 Å². The standard InChI is InChI=1S/C19H31NS/c1-4-5-8-16-11-13-17(14-12-16)15(2)20-18-9-6-7-10-19(18)21-3/h11-15,18-20H,4-10H2,1-3H3. The van der Waals surface area contributed by atoms with Gasteiger partial charge in [-0.2, -0.15) is 11.8 Å². The van der Waals surface area contributed by atoms with Crippen molar-refractivity contribution in [3.05, 3.63) is 35.4 Å². The summed E-state index contributed by atoms with van der Waals surface area (Å²) in [4.78, 5) is 0. The van der Waals surface area contributed by atoms with Crippen molar-refractivity contribution in [2.45, 2.75) is 76.1 Å². The van der Waals surface area contributed by atoms with Gasteiger partial charge < -0.3 is 5.32 Å². The zero-order valence-electron chi connectivity index (χ0n) is 13.9. The number of hydrogen-bond donors (Lipinski definition) is 1. The Morgan fingerprint density at radius 2 is 1.90 bits per heavy atom. The fourth-order valence-electron chi connectivity index (χ4n) is 3.34. The maximum absolute atomic E-state index is 3.88. The van der Waals surface area contributed by atoms with E-state index in [2.05, 4.69) is 49.7 Å². The van der Waals surface area contributed by atoms with Crippen LogP contribution in [0.4, 0.5) is 0 Å². The molecule has 21 heavy (non-hydrogen) atoms. The number of rotatable bonds is 7. The van der Waals surface area contributed by atoms with Crippen LogP contribution < -0.4 is 5.32 Å². The van der Waals surface area contributed by atoms with Crippen molar-refractivity contribution in [2.75, 3.05) is 6.26 Å². The smallest absolute Gasteiger partial charge is 0.0294 e. The molecule has 1 aromatic carbocycles. The SMILES string of the molecule is CCCCc1ccc(C(C)NC2CCCCC2SC)cc1. The highest BCUT2D eigenvalue weighted by Crippen LogP contribution is 2.29. The second-order valence-corrected chi connectivity index (χ2v) is 7.48. The maximum Gasteiger partial charge on any atom is 0.0294 e. The molecule has 1 aliphatic carbocycles. The summed E-state index contributed by atoms with van der Waals surface area (Å²) in [6, 6.07) is 10.4. The summed E-state index contributed by atoms with van der Waals surface area (Å²) in [5.74, 6) is 0. The minimum Gasteiger partial charge on any atom is -0.306 e. The molecule has 0 bridgehead atoms. The van der Waals surface area contributed by atoms with Gasteiger partial charge in [-0.15, -0.1) is 0 Å². The van der Waals surface area contributed by atoms with Crippen LogP contribution in [0.3, 0.4) is 0 Å². The van der Waals surface area contributed by atoms with Crippen molar-refractivity contribution in [2.24, 2.45) is 0 Å². The van der Waals surface area contributed by atoms with E-state index in [1.165, 1.54) is 56.1 Å². The molecule has 0 radical (unpaired) electrons. The Balaban J connectivity index is 1.91. The zero-order valence-corrected chi connectivity index (χ0v) is 14.7. The van der Waals surface area contributed by atoms with Crippen molar-refractivity contribution in [1.29, 1.82) is 0 Å². The van der Waals surface area contributed by atoms with Crippen molar-refractivity contribution < 1.29 is 0 Å². The Bertz CT molecular complexity index is 401. The summed E-state index contributed by atoms with van der Waals surface area (Å²) < 4.78 is 0. The number of benzene rings is 1. The van der Waals surface area contributed by atoms with E-state index in [9.17, 15) is 0 Å². The van der Waals surface area contributed by atoms with Gasteiger partial charge in [-0.25, -0.2) is 0 Å². The molecular formula is C19H31NS. The number of aryl methyl sites for hydroxylation is 1. The van der Waals surface area contributed by atoms with E-state index in [4.69, 9.17) is 0 Å². The van der Waals surface area contributed by atoms with Crippen LogP contribution in [-0.4, -0.2) is 17.5 Å². The summed E-state index contributed by atoms with van der Waals surface area (Å²) in [5, 5.41) is 4.67. The zero-order chi connectivity index (χ0) is 15.1. The van der Waals surface area contributed by atoms with Gasteiger partial charge >= 0.3 is 0 Å². The lowest BCUT2D eigenvalue weighted by molar-refractivity contribution is 0.356. The fraction of sp³-hybridized carbons (Fsp3) is 0.684. The molecule has 2 rings (SSSR count). The summed E-state index contributed by atoms with van der Waals surface area (Å²) in [5.41, 5.74) is 2.91. The highest BCUT2D eigenvalue weighted by atomic mass is 32.2. The van der Waals surface area contributed by atoms with Crippen LogP contribution in [0.2, 0.25) is 0 Å². The van der Waals surface area contributed by atoms with Crippen LogP contribution in [0.5, 0.6) is 0 Å². The van der Waals surface area contributed by atoms with Gasteiger partial charge in [0.15, 0.2) is 0 Å². The minimum absolute atomic E-state index is 0.461. The Kier molecular flexibility index (Phi) is 7.12. The monoisotopic (exact) mass is 305 g/mol. The third kappa shape index (κ3) is 5.03. The first-order valence-electron chi connectivity index (χ1n) is 8.62. The average Bonchev–Trinajstić information content (AvgIpc) is 2.54. The molecule has 1 saturated carbocycles. The molecule has 1 fully saturated rings. The molecule has 1 nitrogen and oxygen atoms in total. The second kappa shape index (κ2) is 8.85. The fourth-order valence-corrected chi connectivity index (χ4v) is 4.29. The predicted octanol–water partition coefficient (Wildman–Crippen LogP) is 5.35. The molecule has 0 saturated heterocycles. The van der Waals surface area contributed by atoms with E-state index < -0.39 is 0 Å². The van der Waals surface area contributed by atoms with E-state index in [0.29, 0.717) is 12.1 Å². The highest BCUT2D eigenvalue weighted by molar-refractivity contribution is 7.99. The molecule has 1 aromatic rings. The van der Waals surface area contributed by atoms with Gasteiger partial charge in [0.05, 0.1) is 0 Å². The van der Waals surface area contributed by atoms with E-state index in [0.717, 1.165) is 5.25 Å². The van der Waals surface area contributed by atoms with Gasteiger partial charge in [-0.1, -0.05) is 50.5 Å². The summed E-state index contributed by atoms with van der Waals surface area (Å²) in [7, 11) is 0. The van der Waals surface area contributed by atoms with Crippen LogP contribution in [0, 0.1) is 0 Å². The molecule has 2 heteroatoms. The van der Waals surface area contributed by atoms with Crippen molar-refractivity contribution >= 4 is 11.8 Å². The lowest BCUT2D eigenvalue weighted by Gasteiger charge is -2.33. The topological polar surface area (TPSA) is 12.0 Å². The van der Waals surface area contributed by atoms with Gasteiger partial charge in [0.1, 0.15) is 0 Å². The van der Waals surface area contributed by atoms with Gasteiger partial charge in [0, 0.05) is 17.3 Å². The third-order valence-electron chi connectivity index (χ3n) is 4.77. The normalized spacial score (nSPS) is 24.0. The molecule has 1 aliphatic rings. The molecular weight excluding hydrogens is 274 g/mol. The first-order valence-corrected chi connectivity index (χ1v) is 9.91. The summed E-state index contributed by atoms with van der Waals surface area (Å²) in [6.07, 6.45) is 11.6. The van der Waals surface area contributed by atoms with Crippen LogP contribution in [0.15, 0.2) is 24.3 Å². The lowest BCUT2D eigenvalue weighted by Crippen LogP contribution is -2.41. The largest absolute Gasteiger partial charge is 0.306 e. The molecule has 3 unspecified atom stereocenters. The molecule has 0 heterocycles. The van der Waals surface area contributed by atoms with Crippen LogP contribution >= 0.6 is 11.8 Å². The number of nitrogens with one attached hydrogen (secondary N) is 1. The first kappa shape index (κ1) is 16.9. The van der Waals surface area contributed by atoms with Crippen molar-refractivity contribution in [1.82, 2.24) is 5.32 Å². The van der Waals surface area contributed by atoms with E-state index >= 15 is 0 Å². The van der Waals surface area contributed by atoms with Crippen molar-refractivity contribution in [3.63, 3.8) is 0 Å². The van der Waals surface area contributed by atoms with Gasteiger partial charge in [-0.3, -0.25) is 0 Å². The Labute approximate surface area is 135 Å². The molecule has 0 amide bonds. The quantitative estimate of drug-likeness (QED) is 0.728. The molecule has 0 aromatic heterocycles. The predicted molar refractivity (Wildman–Crippen MR) is 96.2 cm³/mol. The maximum atomic E-state index is 3.88. The van der Waals surface area contributed by atoms with Gasteiger partial charge in [0.25, 0.3) is 0 Å². The van der Waals surface area contributed by atoms with Gasteiger partial charge in [-0.05, 0) is 50.0 Å². The number of hydrogen-bond acceptors (Lipinski definition) is 2. The molecule has 118 valence electrons. The summed E-state index contributed by atoms with van der Waals surface area (Å²) in [6.45, 7) is 4.57. The van der Waals surface area contributed by atoms with Gasteiger partial charge in [0.2, 0.25) is 0 Å². The third-order valence-corrected chi connectivity index (χ3v) is 5.94. The van der Waals surface area contributed by atoms with Crippen molar-refractivity contribution in [3.8, 4) is 0 Å². The molecule has 0 spiro atoms. The second-order valence-electron chi connectivity index (χ2n) is 6.40. The van der Waals surface area contributed by atoms with E-state index in [-0.39, 0.29) is 0 Å². The van der Waals surface area contributed by atoms with Crippen LogP contribution in [0.25, 0.3) is 0 Å².